The third kappa shape index (κ3) is 2.68. The van der Waals surface area contributed by atoms with E-state index in [2.05, 4.69) is 5.32 Å². The van der Waals surface area contributed by atoms with Crippen molar-refractivity contribution in [3.05, 3.63) is 29.1 Å². The van der Waals surface area contributed by atoms with E-state index in [0.29, 0.717) is 0 Å². The lowest BCUT2D eigenvalue weighted by molar-refractivity contribution is 0.381. The van der Waals surface area contributed by atoms with Crippen LogP contribution in [-0.4, -0.2) is 6.54 Å². The molecule has 0 fully saturated rings. The maximum absolute atomic E-state index is 13.2. The Balaban J connectivity index is 3.07. The fourth-order valence-corrected chi connectivity index (χ4v) is 1.18. The minimum absolute atomic E-state index is 0.0602. The molecule has 1 nitrogen and oxygen atoms in total. The second-order valence-corrected chi connectivity index (χ2v) is 3.84. The lowest BCUT2D eigenvalue weighted by atomic mass is 10.1. The molecule has 0 aliphatic carbocycles. The van der Waals surface area contributed by atoms with Crippen LogP contribution in [0, 0.1) is 35.0 Å². The van der Waals surface area contributed by atoms with Crippen molar-refractivity contribution >= 4 is 5.69 Å². The van der Waals surface area contributed by atoms with Crippen molar-refractivity contribution in [2.45, 2.75) is 20.3 Å². The highest BCUT2D eigenvalue weighted by atomic mass is 19.2. The van der Waals surface area contributed by atoms with Gasteiger partial charge in [-0.05, 0) is 5.92 Å². The molecule has 0 bridgehead atoms. The predicted molar refractivity (Wildman–Crippen MR) is 54.2 cm³/mol. The molecule has 1 unspecified atom stereocenters. The van der Waals surface area contributed by atoms with E-state index in [-0.39, 0.29) is 12.5 Å². The zero-order valence-electron chi connectivity index (χ0n) is 9.38. The zero-order chi connectivity index (χ0) is 13.2. The fraction of sp³-hybridized carbons (Fsp3) is 0.455. The molecule has 17 heavy (non-hydrogen) atoms. The number of anilines is 1. The van der Waals surface area contributed by atoms with Gasteiger partial charge in [0.15, 0.2) is 23.3 Å². The Morgan fingerprint density at radius 3 is 1.71 bits per heavy atom. The maximum atomic E-state index is 13.2. The largest absolute Gasteiger partial charge is 0.380 e. The number of nitrogens with one attached hydrogen (secondary N) is 1. The van der Waals surface area contributed by atoms with Crippen molar-refractivity contribution in [1.82, 2.24) is 0 Å². The van der Waals surface area contributed by atoms with Crippen molar-refractivity contribution in [3.8, 4) is 0 Å². The molecule has 1 aromatic carbocycles. The third-order valence-electron chi connectivity index (χ3n) is 2.53. The van der Waals surface area contributed by atoms with Gasteiger partial charge in [-0.25, -0.2) is 22.0 Å². The van der Waals surface area contributed by atoms with Gasteiger partial charge >= 0.3 is 0 Å². The number of benzene rings is 1. The van der Waals surface area contributed by atoms with Crippen LogP contribution in [0.15, 0.2) is 0 Å². The van der Waals surface area contributed by atoms with Crippen LogP contribution in [0.1, 0.15) is 20.3 Å². The Labute approximate surface area is 95.6 Å². The first-order valence-electron chi connectivity index (χ1n) is 5.15. The molecule has 0 saturated heterocycles. The van der Waals surface area contributed by atoms with E-state index in [1.165, 1.54) is 0 Å². The van der Waals surface area contributed by atoms with Crippen molar-refractivity contribution in [1.29, 1.82) is 0 Å². The van der Waals surface area contributed by atoms with Gasteiger partial charge in [-0.3, -0.25) is 0 Å². The van der Waals surface area contributed by atoms with Crippen LogP contribution in [0.5, 0.6) is 0 Å². The Morgan fingerprint density at radius 2 is 1.29 bits per heavy atom. The molecular formula is C11H12F5N. The minimum Gasteiger partial charge on any atom is -0.380 e. The van der Waals surface area contributed by atoms with Gasteiger partial charge in [0.2, 0.25) is 5.82 Å². The molecule has 0 aliphatic heterocycles. The lowest BCUT2D eigenvalue weighted by Crippen LogP contribution is -2.15. The van der Waals surface area contributed by atoms with Crippen molar-refractivity contribution in [2.24, 2.45) is 5.92 Å². The summed E-state index contributed by atoms with van der Waals surface area (Å²) in [7, 11) is 0. The van der Waals surface area contributed by atoms with Crippen LogP contribution in [0.2, 0.25) is 0 Å². The molecule has 6 heteroatoms. The molecule has 0 aliphatic rings. The topological polar surface area (TPSA) is 12.0 Å². The summed E-state index contributed by atoms with van der Waals surface area (Å²) in [4.78, 5) is 0. The standard InChI is InChI=1S/C11H12F5N/c1-3-5(2)4-17-11-9(15)7(13)6(12)8(14)10(11)16/h5,17H,3-4H2,1-2H3. The second kappa shape index (κ2) is 5.33. The molecule has 1 rings (SSSR count). The fourth-order valence-electron chi connectivity index (χ4n) is 1.18. The molecule has 0 spiro atoms. The summed E-state index contributed by atoms with van der Waals surface area (Å²) in [5, 5.41) is 2.24. The van der Waals surface area contributed by atoms with Crippen LogP contribution < -0.4 is 5.32 Å². The molecule has 0 amide bonds. The Morgan fingerprint density at radius 1 is 0.882 bits per heavy atom. The van der Waals surface area contributed by atoms with Crippen molar-refractivity contribution < 1.29 is 22.0 Å². The Hall–Kier alpha value is -1.33. The summed E-state index contributed by atoms with van der Waals surface area (Å²) in [5.74, 6) is -9.61. The highest BCUT2D eigenvalue weighted by Gasteiger charge is 2.25. The van der Waals surface area contributed by atoms with Crippen LogP contribution in [0.3, 0.4) is 0 Å². The van der Waals surface area contributed by atoms with Gasteiger partial charge in [-0.1, -0.05) is 20.3 Å². The number of hydrogen-bond acceptors (Lipinski definition) is 1. The summed E-state index contributed by atoms with van der Waals surface area (Å²) >= 11 is 0. The van der Waals surface area contributed by atoms with E-state index >= 15 is 0 Å². The summed E-state index contributed by atoms with van der Waals surface area (Å²) in [6, 6.07) is 0. The SMILES string of the molecule is CCC(C)CNc1c(F)c(F)c(F)c(F)c1F. The van der Waals surface area contributed by atoms with Crippen LogP contribution in [0.25, 0.3) is 0 Å². The molecule has 0 aromatic heterocycles. The van der Waals surface area contributed by atoms with Gasteiger partial charge in [0, 0.05) is 6.54 Å². The van der Waals surface area contributed by atoms with E-state index in [1.54, 1.807) is 6.92 Å². The molecule has 0 radical (unpaired) electrons. The Bertz CT molecular complexity index is 390. The van der Waals surface area contributed by atoms with Gasteiger partial charge in [-0.15, -0.1) is 0 Å². The van der Waals surface area contributed by atoms with Crippen LogP contribution in [0.4, 0.5) is 27.6 Å². The molecule has 0 saturated carbocycles. The molecule has 1 aromatic rings. The second-order valence-electron chi connectivity index (χ2n) is 3.84. The Kier molecular flexibility index (Phi) is 4.31. The van der Waals surface area contributed by atoms with Crippen LogP contribution >= 0.6 is 0 Å². The highest BCUT2D eigenvalue weighted by molar-refractivity contribution is 5.47. The van der Waals surface area contributed by atoms with E-state index in [0.717, 1.165) is 6.42 Å². The predicted octanol–water partition coefficient (Wildman–Crippen LogP) is 3.84. The lowest BCUT2D eigenvalue weighted by Gasteiger charge is -2.13. The zero-order valence-corrected chi connectivity index (χ0v) is 9.38. The van der Waals surface area contributed by atoms with E-state index in [1.807, 2.05) is 6.92 Å². The van der Waals surface area contributed by atoms with E-state index in [4.69, 9.17) is 0 Å². The van der Waals surface area contributed by atoms with Crippen LogP contribution in [-0.2, 0) is 0 Å². The van der Waals surface area contributed by atoms with E-state index in [9.17, 15) is 22.0 Å². The summed E-state index contributed by atoms with van der Waals surface area (Å²) < 4.78 is 64.7. The maximum Gasteiger partial charge on any atom is 0.200 e. The van der Waals surface area contributed by atoms with Gasteiger partial charge in [-0.2, -0.15) is 0 Å². The molecular weight excluding hydrogens is 241 g/mol. The van der Waals surface area contributed by atoms with Gasteiger partial charge in [0.25, 0.3) is 0 Å². The summed E-state index contributed by atoms with van der Waals surface area (Å²) in [6.07, 6.45) is 0.725. The number of rotatable bonds is 4. The quantitative estimate of drug-likeness (QED) is 0.488. The minimum atomic E-state index is -2.14. The smallest absolute Gasteiger partial charge is 0.200 e. The van der Waals surface area contributed by atoms with E-state index < -0.39 is 34.8 Å². The first-order chi connectivity index (χ1) is 7.90. The van der Waals surface area contributed by atoms with Gasteiger partial charge in [0.1, 0.15) is 5.69 Å². The van der Waals surface area contributed by atoms with Gasteiger partial charge < -0.3 is 5.32 Å². The average Bonchev–Trinajstić information content (AvgIpc) is 2.33. The summed E-state index contributed by atoms with van der Waals surface area (Å²) in [6.45, 7) is 3.78. The molecule has 0 heterocycles. The molecule has 96 valence electrons. The van der Waals surface area contributed by atoms with Crippen molar-refractivity contribution in [2.75, 3.05) is 11.9 Å². The summed E-state index contributed by atoms with van der Waals surface area (Å²) in [5.41, 5.74) is -0.971. The monoisotopic (exact) mass is 253 g/mol. The molecule has 1 atom stereocenters. The first-order valence-corrected chi connectivity index (χ1v) is 5.15. The number of hydrogen-bond donors (Lipinski definition) is 1. The first kappa shape index (κ1) is 13.7. The van der Waals surface area contributed by atoms with Gasteiger partial charge in [0.05, 0.1) is 0 Å². The third-order valence-corrected chi connectivity index (χ3v) is 2.53. The highest BCUT2D eigenvalue weighted by Crippen LogP contribution is 2.27. The normalized spacial score (nSPS) is 12.6. The molecule has 1 N–H and O–H groups in total. The van der Waals surface area contributed by atoms with Crippen molar-refractivity contribution in [3.63, 3.8) is 0 Å². The number of halogens is 5. The average molecular weight is 253 g/mol.